The van der Waals surface area contributed by atoms with Crippen LogP contribution in [0.15, 0.2) is 5.38 Å². The number of thiazole rings is 1. The maximum atomic E-state index is 5.79. The molecule has 1 aliphatic rings. The van der Waals surface area contributed by atoms with Gasteiger partial charge in [-0.25, -0.2) is 4.98 Å². The molecule has 3 N–H and O–H groups in total. The van der Waals surface area contributed by atoms with E-state index < -0.39 is 0 Å². The minimum atomic E-state index is 0.0604. The van der Waals surface area contributed by atoms with Crippen LogP contribution in [-0.2, 0) is 6.54 Å². The van der Waals surface area contributed by atoms with Gasteiger partial charge in [-0.2, -0.15) is 0 Å². The van der Waals surface area contributed by atoms with E-state index >= 15 is 0 Å². The summed E-state index contributed by atoms with van der Waals surface area (Å²) >= 11 is 1.66. The first-order chi connectivity index (χ1) is 7.65. The fraction of sp³-hybridized carbons (Fsp3) is 0.750. The maximum absolute atomic E-state index is 5.79. The molecule has 0 amide bonds. The van der Waals surface area contributed by atoms with Gasteiger partial charge in [-0.3, -0.25) is 0 Å². The minimum absolute atomic E-state index is 0.0604. The number of nitrogens with zero attached hydrogens (tertiary/aromatic N) is 1. The van der Waals surface area contributed by atoms with E-state index in [1.54, 1.807) is 11.3 Å². The smallest absolute Gasteiger partial charge is 0.109 e. The Balaban J connectivity index is 1.80. The zero-order chi connectivity index (χ0) is 11.5. The van der Waals surface area contributed by atoms with Crippen LogP contribution in [-0.4, -0.2) is 11.0 Å². The van der Waals surface area contributed by atoms with Gasteiger partial charge in [-0.1, -0.05) is 6.92 Å². The van der Waals surface area contributed by atoms with Crippen LogP contribution in [0.1, 0.15) is 49.9 Å². The molecule has 3 atom stereocenters. The number of rotatable bonds is 4. The van der Waals surface area contributed by atoms with Crippen LogP contribution < -0.4 is 11.1 Å². The van der Waals surface area contributed by atoms with E-state index in [9.17, 15) is 0 Å². The number of hydrogen-bond donors (Lipinski definition) is 2. The molecule has 90 valence electrons. The van der Waals surface area contributed by atoms with Gasteiger partial charge in [-0.15, -0.1) is 11.3 Å². The molecule has 1 aromatic heterocycles. The largest absolute Gasteiger partial charge is 0.322 e. The second-order valence-electron chi connectivity index (χ2n) is 4.96. The molecule has 0 bridgehead atoms. The van der Waals surface area contributed by atoms with Crippen molar-refractivity contribution in [3.05, 3.63) is 16.1 Å². The van der Waals surface area contributed by atoms with Crippen molar-refractivity contribution in [2.75, 3.05) is 0 Å². The molecule has 0 aliphatic heterocycles. The van der Waals surface area contributed by atoms with Crippen LogP contribution >= 0.6 is 11.3 Å². The van der Waals surface area contributed by atoms with E-state index in [1.807, 2.05) is 6.92 Å². The zero-order valence-corrected chi connectivity index (χ0v) is 10.9. The quantitative estimate of drug-likeness (QED) is 0.848. The van der Waals surface area contributed by atoms with Crippen LogP contribution in [0.2, 0.25) is 0 Å². The van der Waals surface area contributed by atoms with E-state index in [0.717, 1.165) is 23.2 Å². The van der Waals surface area contributed by atoms with Crippen molar-refractivity contribution in [2.24, 2.45) is 11.7 Å². The average Bonchev–Trinajstić information content (AvgIpc) is 2.83. The second-order valence-corrected chi connectivity index (χ2v) is 5.85. The van der Waals surface area contributed by atoms with E-state index in [2.05, 4.69) is 22.6 Å². The highest BCUT2D eigenvalue weighted by molar-refractivity contribution is 7.09. The van der Waals surface area contributed by atoms with Crippen LogP contribution in [0.5, 0.6) is 0 Å². The summed E-state index contributed by atoms with van der Waals surface area (Å²) in [5, 5.41) is 6.74. The van der Waals surface area contributed by atoms with Crippen molar-refractivity contribution >= 4 is 11.3 Å². The summed E-state index contributed by atoms with van der Waals surface area (Å²) in [6, 6.07) is 0.751. The predicted octanol–water partition coefficient (Wildman–Crippen LogP) is 2.44. The molecule has 1 aromatic rings. The third kappa shape index (κ3) is 3.03. The fourth-order valence-corrected chi connectivity index (χ4v) is 3.03. The highest BCUT2D eigenvalue weighted by atomic mass is 32.1. The van der Waals surface area contributed by atoms with Crippen molar-refractivity contribution in [2.45, 2.75) is 51.7 Å². The Bertz CT molecular complexity index is 335. The van der Waals surface area contributed by atoms with Gasteiger partial charge in [0.15, 0.2) is 0 Å². The lowest BCUT2D eigenvalue weighted by molar-refractivity contribution is 0.499. The van der Waals surface area contributed by atoms with Gasteiger partial charge >= 0.3 is 0 Å². The number of nitrogens with two attached hydrogens (primary N) is 1. The molecule has 1 saturated carbocycles. The van der Waals surface area contributed by atoms with E-state index in [4.69, 9.17) is 5.73 Å². The van der Waals surface area contributed by atoms with Crippen molar-refractivity contribution in [1.29, 1.82) is 0 Å². The molecule has 1 fully saturated rings. The summed E-state index contributed by atoms with van der Waals surface area (Å²) in [5.74, 6) is 0.882. The SMILES string of the molecule is CC1CCC(NCc2csc(C(C)N)n2)C1. The Hall–Kier alpha value is -0.450. The molecule has 0 spiro atoms. The minimum Gasteiger partial charge on any atom is -0.322 e. The first-order valence-electron chi connectivity index (χ1n) is 6.08. The van der Waals surface area contributed by atoms with Gasteiger partial charge in [-0.05, 0) is 32.1 Å². The van der Waals surface area contributed by atoms with Gasteiger partial charge in [0.25, 0.3) is 0 Å². The molecular formula is C12H21N3S. The summed E-state index contributed by atoms with van der Waals surface area (Å²) in [7, 11) is 0. The van der Waals surface area contributed by atoms with E-state index in [-0.39, 0.29) is 6.04 Å². The van der Waals surface area contributed by atoms with Crippen LogP contribution in [0.3, 0.4) is 0 Å². The van der Waals surface area contributed by atoms with Crippen molar-refractivity contribution in [3.8, 4) is 0 Å². The molecule has 3 nitrogen and oxygen atoms in total. The van der Waals surface area contributed by atoms with Crippen LogP contribution in [0.4, 0.5) is 0 Å². The monoisotopic (exact) mass is 239 g/mol. The summed E-state index contributed by atoms with van der Waals surface area (Å²) in [6.45, 7) is 5.20. The Morgan fingerprint density at radius 1 is 1.62 bits per heavy atom. The molecule has 16 heavy (non-hydrogen) atoms. The third-order valence-electron chi connectivity index (χ3n) is 3.23. The molecule has 3 unspecified atom stereocenters. The van der Waals surface area contributed by atoms with E-state index in [1.165, 1.54) is 19.3 Å². The Morgan fingerprint density at radius 3 is 3.00 bits per heavy atom. The fourth-order valence-electron chi connectivity index (χ4n) is 2.25. The summed E-state index contributed by atoms with van der Waals surface area (Å²) in [6.07, 6.45) is 3.98. The summed E-state index contributed by atoms with van der Waals surface area (Å²) in [5.41, 5.74) is 6.93. The number of nitrogens with one attached hydrogen (secondary N) is 1. The van der Waals surface area contributed by atoms with Crippen molar-refractivity contribution in [3.63, 3.8) is 0 Å². The van der Waals surface area contributed by atoms with Gasteiger partial charge in [0.2, 0.25) is 0 Å². The number of aromatic nitrogens is 1. The second kappa shape index (κ2) is 5.25. The molecule has 1 heterocycles. The first-order valence-corrected chi connectivity index (χ1v) is 6.96. The Kier molecular flexibility index (Phi) is 3.95. The van der Waals surface area contributed by atoms with Crippen molar-refractivity contribution < 1.29 is 0 Å². The highest BCUT2D eigenvalue weighted by Gasteiger charge is 2.20. The molecule has 0 saturated heterocycles. The zero-order valence-electron chi connectivity index (χ0n) is 10.1. The van der Waals surface area contributed by atoms with Crippen molar-refractivity contribution in [1.82, 2.24) is 10.3 Å². The van der Waals surface area contributed by atoms with Gasteiger partial charge < -0.3 is 11.1 Å². The molecule has 2 rings (SSSR count). The molecular weight excluding hydrogens is 218 g/mol. The number of hydrogen-bond acceptors (Lipinski definition) is 4. The molecule has 4 heteroatoms. The van der Waals surface area contributed by atoms with Gasteiger partial charge in [0.1, 0.15) is 5.01 Å². The maximum Gasteiger partial charge on any atom is 0.109 e. The van der Waals surface area contributed by atoms with E-state index in [0.29, 0.717) is 6.04 Å². The molecule has 0 radical (unpaired) electrons. The lowest BCUT2D eigenvalue weighted by Crippen LogP contribution is -2.25. The molecule has 1 aliphatic carbocycles. The average molecular weight is 239 g/mol. The predicted molar refractivity (Wildman–Crippen MR) is 68.4 cm³/mol. The van der Waals surface area contributed by atoms with Gasteiger partial charge in [0.05, 0.1) is 11.7 Å². The van der Waals surface area contributed by atoms with Crippen LogP contribution in [0, 0.1) is 5.92 Å². The van der Waals surface area contributed by atoms with Crippen LogP contribution in [0.25, 0.3) is 0 Å². The molecule has 0 aromatic carbocycles. The topological polar surface area (TPSA) is 50.9 Å². The lowest BCUT2D eigenvalue weighted by atomic mass is 10.1. The highest BCUT2D eigenvalue weighted by Crippen LogP contribution is 2.25. The standard InChI is InChI=1S/C12H21N3S/c1-8-3-4-10(5-8)14-6-11-7-16-12(15-11)9(2)13/h7-10,14H,3-6,13H2,1-2H3. The third-order valence-corrected chi connectivity index (χ3v) is 4.32. The Labute approximate surface area is 101 Å². The van der Waals surface area contributed by atoms with Gasteiger partial charge in [0, 0.05) is 18.0 Å². The lowest BCUT2D eigenvalue weighted by Gasteiger charge is -2.10. The Morgan fingerprint density at radius 2 is 2.44 bits per heavy atom. The first kappa shape index (κ1) is 12.0. The summed E-state index contributed by atoms with van der Waals surface area (Å²) < 4.78 is 0. The normalized spacial score (nSPS) is 27.2. The summed E-state index contributed by atoms with van der Waals surface area (Å²) in [4.78, 5) is 4.52.